The summed E-state index contributed by atoms with van der Waals surface area (Å²) >= 11 is 0. The average Bonchev–Trinajstić information content (AvgIpc) is 2.62. The fourth-order valence-electron chi connectivity index (χ4n) is 2.70. The number of hydrogen-bond acceptors (Lipinski definition) is 2. The molecule has 0 fully saturated rings. The van der Waals surface area contributed by atoms with Crippen LogP contribution in [0.2, 0.25) is 0 Å². The Morgan fingerprint density at radius 3 is 2.13 bits per heavy atom. The zero-order chi connectivity index (χ0) is 16.2. The maximum absolute atomic E-state index is 4.88. The highest BCUT2D eigenvalue weighted by Gasteiger charge is 2.10. The molecule has 2 nitrogen and oxygen atoms in total. The Bertz CT molecular complexity index is 761. The van der Waals surface area contributed by atoms with Crippen LogP contribution in [0.5, 0.6) is 0 Å². The van der Waals surface area contributed by atoms with Crippen molar-refractivity contribution in [2.24, 2.45) is 0 Å². The standard InChI is InChI=1S/C21H22N2/c1-16(17-8-5-4-6-9-17)20-10-7-11-21(22-20)18-12-14-19(15-13-18)23(2)3/h4-16H,1-3H3. The zero-order valence-electron chi connectivity index (χ0n) is 13.9. The van der Waals surface area contributed by atoms with Crippen molar-refractivity contribution in [2.75, 3.05) is 19.0 Å². The Hall–Kier alpha value is -2.61. The summed E-state index contributed by atoms with van der Waals surface area (Å²) in [5.41, 5.74) is 5.77. The number of pyridine rings is 1. The molecule has 0 aliphatic heterocycles. The van der Waals surface area contributed by atoms with Gasteiger partial charge in [-0.15, -0.1) is 0 Å². The van der Waals surface area contributed by atoms with E-state index in [2.05, 4.69) is 92.6 Å². The summed E-state index contributed by atoms with van der Waals surface area (Å²) in [5, 5.41) is 0. The van der Waals surface area contributed by atoms with E-state index < -0.39 is 0 Å². The van der Waals surface area contributed by atoms with E-state index in [1.165, 1.54) is 11.3 Å². The molecule has 1 unspecified atom stereocenters. The number of anilines is 1. The Kier molecular flexibility index (Phi) is 4.42. The van der Waals surface area contributed by atoms with Gasteiger partial charge < -0.3 is 4.90 Å². The number of nitrogens with zero attached hydrogens (tertiary/aromatic N) is 2. The summed E-state index contributed by atoms with van der Waals surface area (Å²) in [5.74, 6) is 0.289. The monoisotopic (exact) mass is 302 g/mol. The Labute approximate surface area is 138 Å². The second-order valence-electron chi connectivity index (χ2n) is 6.02. The highest BCUT2D eigenvalue weighted by atomic mass is 15.1. The first-order chi connectivity index (χ1) is 11.1. The minimum absolute atomic E-state index is 0.289. The number of hydrogen-bond donors (Lipinski definition) is 0. The molecular weight excluding hydrogens is 280 g/mol. The average molecular weight is 302 g/mol. The van der Waals surface area contributed by atoms with Crippen molar-refractivity contribution in [3.8, 4) is 11.3 Å². The topological polar surface area (TPSA) is 16.1 Å². The van der Waals surface area contributed by atoms with Crippen molar-refractivity contribution in [3.63, 3.8) is 0 Å². The molecule has 0 spiro atoms. The van der Waals surface area contributed by atoms with E-state index in [0.29, 0.717) is 0 Å². The van der Waals surface area contributed by atoms with Gasteiger partial charge >= 0.3 is 0 Å². The summed E-state index contributed by atoms with van der Waals surface area (Å²) in [6.07, 6.45) is 0. The molecule has 0 radical (unpaired) electrons. The van der Waals surface area contributed by atoms with Crippen LogP contribution in [0.3, 0.4) is 0 Å². The van der Waals surface area contributed by atoms with Crippen LogP contribution in [-0.4, -0.2) is 19.1 Å². The summed E-state index contributed by atoms with van der Waals surface area (Å²) in [7, 11) is 4.10. The van der Waals surface area contributed by atoms with Crippen molar-refractivity contribution in [2.45, 2.75) is 12.8 Å². The smallest absolute Gasteiger partial charge is 0.0705 e. The quantitative estimate of drug-likeness (QED) is 0.676. The largest absolute Gasteiger partial charge is 0.378 e. The lowest BCUT2D eigenvalue weighted by Crippen LogP contribution is -2.08. The van der Waals surface area contributed by atoms with Crippen LogP contribution < -0.4 is 4.90 Å². The number of benzene rings is 2. The number of aromatic nitrogens is 1. The van der Waals surface area contributed by atoms with Gasteiger partial charge in [0.25, 0.3) is 0 Å². The van der Waals surface area contributed by atoms with Gasteiger partial charge in [0.2, 0.25) is 0 Å². The normalized spacial score (nSPS) is 12.0. The molecule has 0 saturated carbocycles. The second-order valence-corrected chi connectivity index (χ2v) is 6.02. The molecule has 1 aromatic heterocycles. The van der Waals surface area contributed by atoms with E-state index in [0.717, 1.165) is 17.0 Å². The van der Waals surface area contributed by atoms with Gasteiger partial charge in [-0.3, -0.25) is 4.98 Å². The fraction of sp³-hybridized carbons (Fsp3) is 0.190. The molecule has 116 valence electrons. The van der Waals surface area contributed by atoms with Gasteiger partial charge in [-0.05, 0) is 29.8 Å². The molecule has 3 aromatic rings. The van der Waals surface area contributed by atoms with E-state index in [9.17, 15) is 0 Å². The second kappa shape index (κ2) is 6.66. The van der Waals surface area contributed by atoms with Gasteiger partial charge in [-0.1, -0.05) is 55.5 Å². The van der Waals surface area contributed by atoms with Crippen LogP contribution >= 0.6 is 0 Å². The van der Waals surface area contributed by atoms with Gasteiger partial charge in [0.1, 0.15) is 0 Å². The van der Waals surface area contributed by atoms with Gasteiger partial charge in [0.15, 0.2) is 0 Å². The minimum Gasteiger partial charge on any atom is -0.378 e. The molecule has 0 bridgehead atoms. The van der Waals surface area contributed by atoms with Crippen LogP contribution in [0.4, 0.5) is 5.69 Å². The Morgan fingerprint density at radius 2 is 1.48 bits per heavy atom. The van der Waals surface area contributed by atoms with Crippen LogP contribution in [0.1, 0.15) is 24.1 Å². The lowest BCUT2D eigenvalue weighted by atomic mass is 9.97. The lowest BCUT2D eigenvalue weighted by Gasteiger charge is -2.14. The van der Waals surface area contributed by atoms with Crippen LogP contribution in [-0.2, 0) is 0 Å². The van der Waals surface area contributed by atoms with E-state index >= 15 is 0 Å². The minimum atomic E-state index is 0.289. The molecule has 0 aliphatic carbocycles. The molecule has 3 rings (SSSR count). The Balaban J connectivity index is 1.90. The van der Waals surface area contributed by atoms with Gasteiger partial charge in [-0.2, -0.15) is 0 Å². The molecule has 0 amide bonds. The molecule has 23 heavy (non-hydrogen) atoms. The first kappa shape index (κ1) is 15.3. The van der Waals surface area contributed by atoms with Crippen molar-refractivity contribution < 1.29 is 0 Å². The first-order valence-electron chi connectivity index (χ1n) is 7.95. The fourth-order valence-corrected chi connectivity index (χ4v) is 2.70. The van der Waals surface area contributed by atoms with Crippen LogP contribution in [0, 0.1) is 0 Å². The molecular formula is C21H22N2. The van der Waals surface area contributed by atoms with E-state index in [4.69, 9.17) is 4.98 Å². The predicted octanol–water partition coefficient (Wildman–Crippen LogP) is 4.97. The van der Waals surface area contributed by atoms with Crippen molar-refractivity contribution >= 4 is 5.69 Å². The summed E-state index contributed by atoms with van der Waals surface area (Å²) in [6.45, 7) is 2.20. The zero-order valence-corrected chi connectivity index (χ0v) is 13.9. The maximum Gasteiger partial charge on any atom is 0.0705 e. The molecule has 1 heterocycles. The predicted molar refractivity (Wildman–Crippen MR) is 98.0 cm³/mol. The SMILES string of the molecule is CC(c1ccccc1)c1cccc(-c2ccc(N(C)C)cc2)n1. The summed E-state index contributed by atoms with van der Waals surface area (Å²) in [4.78, 5) is 6.98. The Morgan fingerprint density at radius 1 is 0.783 bits per heavy atom. The molecule has 0 aliphatic rings. The highest BCUT2D eigenvalue weighted by Crippen LogP contribution is 2.26. The van der Waals surface area contributed by atoms with Crippen LogP contribution in [0.25, 0.3) is 11.3 Å². The van der Waals surface area contributed by atoms with E-state index in [-0.39, 0.29) is 5.92 Å². The van der Waals surface area contributed by atoms with Crippen molar-refractivity contribution in [1.29, 1.82) is 0 Å². The van der Waals surface area contributed by atoms with Gasteiger partial charge in [0, 0.05) is 37.0 Å². The number of rotatable bonds is 4. The van der Waals surface area contributed by atoms with Gasteiger partial charge in [-0.25, -0.2) is 0 Å². The molecule has 0 N–H and O–H groups in total. The first-order valence-corrected chi connectivity index (χ1v) is 7.95. The van der Waals surface area contributed by atoms with Gasteiger partial charge in [0.05, 0.1) is 5.69 Å². The summed E-state index contributed by atoms with van der Waals surface area (Å²) in [6, 6.07) is 25.3. The van der Waals surface area contributed by atoms with E-state index in [1.807, 2.05) is 6.07 Å². The molecule has 2 aromatic carbocycles. The third-order valence-corrected chi connectivity index (χ3v) is 4.19. The molecule has 1 atom stereocenters. The molecule has 2 heteroatoms. The van der Waals surface area contributed by atoms with Crippen molar-refractivity contribution in [1.82, 2.24) is 4.98 Å². The van der Waals surface area contributed by atoms with Crippen LogP contribution in [0.15, 0.2) is 72.8 Å². The lowest BCUT2D eigenvalue weighted by molar-refractivity contribution is 0.873. The summed E-state index contributed by atoms with van der Waals surface area (Å²) < 4.78 is 0. The molecule has 0 saturated heterocycles. The maximum atomic E-state index is 4.88. The van der Waals surface area contributed by atoms with Crippen molar-refractivity contribution in [3.05, 3.63) is 84.1 Å². The highest BCUT2D eigenvalue weighted by molar-refractivity contribution is 5.63. The third-order valence-electron chi connectivity index (χ3n) is 4.19. The van der Waals surface area contributed by atoms with E-state index in [1.54, 1.807) is 0 Å². The third kappa shape index (κ3) is 3.42.